The zero-order valence-corrected chi connectivity index (χ0v) is 19.8. The minimum absolute atomic E-state index is 0.645. The molecule has 2 heteroatoms. The Kier molecular flexibility index (Phi) is 8.12. The van der Waals surface area contributed by atoms with E-state index in [9.17, 15) is 0 Å². The zero-order valence-electron chi connectivity index (χ0n) is 18.9. The van der Waals surface area contributed by atoms with Crippen LogP contribution in [-0.2, 0) is 13.0 Å². The molecule has 0 aliphatic carbocycles. The summed E-state index contributed by atoms with van der Waals surface area (Å²) in [5.74, 6) is 0. The number of aryl methyl sites for hydroxylation is 1. The lowest BCUT2D eigenvalue weighted by atomic mass is 10.0. The lowest BCUT2D eigenvalue weighted by Crippen LogP contribution is -2.24. The second-order valence-electron chi connectivity index (χ2n) is 8.11. The summed E-state index contributed by atoms with van der Waals surface area (Å²) < 4.78 is 0. The molecule has 0 atom stereocenters. The Hall–Kier alpha value is -2.89. The number of anilines is 1. The highest BCUT2D eigenvalue weighted by Gasteiger charge is 2.21. The maximum atomic E-state index is 3.86. The first-order valence-electron chi connectivity index (χ1n) is 11.7. The molecule has 162 valence electrons. The lowest BCUT2D eigenvalue weighted by Gasteiger charge is -2.25. The van der Waals surface area contributed by atoms with Crippen molar-refractivity contribution in [2.24, 2.45) is 0 Å². The first kappa shape index (κ1) is 22.3. The third kappa shape index (κ3) is 5.67. The third-order valence-corrected chi connectivity index (χ3v) is 8.24. The average Bonchev–Trinajstić information content (AvgIpc) is 2.86. The molecule has 0 aromatic heterocycles. The normalized spacial score (nSPS) is 10.9. The molecule has 4 rings (SSSR count). The van der Waals surface area contributed by atoms with Crippen molar-refractivity contribution in [1.82, 2.24) is 0 Å². The van der Waals surface area contributed by atoms with Crippen molar-refractivity contribution < 1.29 is 0 Å². The quantitative estimate of drug-likeness (QED) is 0.213. The van der Waals surface area contributed by atoms with Crippen LogP contribution in [0.15, 0.2) is 109 Å². The van der Waals surface area contributed by atoms with Crippen LogP contribution in [-0.4, -0.2) is 0 Å². The van der Waals surface area contributed by atoms with E-state index in [0.29, 0.717) is 0 Å². The standard InChI is InChI=1S/C30H32NP/c1-2-3-7-17-26-18-14-23-29(30(26)31-24-25-15-8-4-9-16-25)32(27-19-10-5-11-20-27)28-21-12-6-13-22-28/h4-6,8-16,18-23,31H,2-3,7,17,24H2,1H3. The van der Waals surface area contributed by atoms with Crippen LogP contribution in [0.1, 0.15) is 37.3 Å². The summed E-state index contributed by atoms with van der Waals surface area (Å²) in [5.41, 5.74) is 4.07. The molecule has 0 saturated carbocycles. The number of para-hydroxylation sites is 1. The fourth-order valence-corrected chi connectivity index (χ4v) is 6.59. The molecule has 0 aliphatic heterocycles. The van der Waals surface area contributed by atoms with Crippen LogP contribution in [0.2, 0.25) is 0 Å². The Labute approximate surface area is 194 Å². The molecule has 1 N–H and O–H groups in total. The van der Waals surface area contributed by atoms with Crippen LogP contribution in [0.3, 0.4) is 0 Å². The number of nitrogens with one attached hydrogen (secondary N) is 1. The zero-order chi connectivity index (χ0) is 22.0. The molecule has 0 unspecified atom stereocenters. The van der Waals surface area contributed by atoms with Gasteiger partial charge in [-0.2, -0.15) is 0 Å². The van der Waals surface area contributed by atoms with Gasteiger partial charge in [-0.1, -0.05) is 129 Å². The topological polar surface area (TPSA) is 12.0 Å². The summed E-state index contributed by atoms with van der Waals surface area (Å²) in [5, 5.41) is 8.06. The lowest BCUT2D eigenvalue weighted by molar-refractivity contribution is 0.718. The Morgan fingerprint density at radius 1 is 0.625 bits per heavy atom. The van der Waals surface area contributed by atoms with Crippen molar-refractivity contribution in [3.8, 4) is 0 Å². The molecule has 0 saturated heterocycles. The SMILES string of the molecule is CCCCCc1cccc(P(c2ccccc2)c2ccccc2)c1NCc1ccccc1. The van der Waals surface area contributed by atoms with Crippen molar-refractivity contribution in [2.45, 2.75) is 39.2 Å². The Balaban J connectivity index is 1.78. The molecule has 0 radical (unpaired) electrons. The smallest absolute Gasteiger partial charge is 0.0460 e. The van der Waals surface area contributed by atoms with Gasteiger partial charge < -0.3 is 5.32 Å². The number of hydrogen-bond donors (Lipinski definition) is 1. The Bertz CT molecular complexity index is 1040. The molecule has 4 aromatic rings. The maximum absolute atomic E-state index is 3.86. The summed E-state index contributed by atoms with van der Waals surface area (Å²) in [6.07, 6.45) is 4.86. The van der Waals surface area contributed by atoms with Crippen molar-refractivity contribution in [2.75, 3.05) is 5.32 Å². The largest absolute Gasteiger partial charge is 0.380 e. The van der Waals surface area contributed by atoms with E-state index in [-0.39, 0.29) is 0 Å². The molecule has 0 aliphatic rings. The predicted octanol–water partition coefficient (Wildman–Crippen LogP) is 6.79. The molecular formula is C30H32NP. The fourth-order valence-electron chi connectivity index (χ4n) is 4.12. The van der Waals surface area contributed by atoms with Crippen LogP contribution >= 0.6 is 7.92 Å². The number of hydrogen-bond acceptors (Lipinski definition) is 1. The Morgan fingerprint density at radius 2 is 1.22 bits per heavy atom. The van der Waals surface area contributed by atoms with Gasteiger partial charge in [-0.3, -0.25) is 0 Å². The third-order valence-electron chi connectivity index (χ3n) is 5.76. The number of benzene rings is 4. The van der Waals surface area contributed by atoms with Crippen LogP contribution in [0.4, 0.5) is 5.69 Å². The highest BCUT2D eigenvalue weighted by molar-refractivity contribution is 7.80. The molecule has 32 heavy (non-hydrogen) atoms. The van der Waals surface area contributed by atoms with Crippen molar-refractivity contribution in [3.05, 3.63) is 120 Å². The highest BCUT2D eigenvalue weighted by Crippen LogP contribution is 2.37. The first-order chi connectivity index (χ1) is 15.9. The number of rotatable bonds is 10. The van der Waals surface area contributed by atoms with Crippen molar-refractivity contribution >= 4 is 29.5 Å². The van der Waals surface area contributed by atoms with Crippen LogP contribution < -0.4 is 21.2 Å². The monoisotopic (exact) mass is 437 g/mol. The van der Waals surface area contributed by atoms with Crippen LogP contribution in [0, 0.1) is 0 Å². The van der Waals surface area contributed by atoms with E-state index in [2.05, 4.69) is 121 Å². The second kappa shape index (κ2) is 11.7. The average molecular weight is 438 g/mol. The van der Waals surface area contributed by atoms with Gasteiger partial charge in [0.25, 0.3) is 0 Å². The number of unbranched alkanes of at least 4 members (excludes halogenated alkanes) is 2. The van der Waals surface area contributed by atoms with Gasteiger partial charge >= 0.3 is 0 Å². The van der Waals surface area contributed by atoms with Gasteiger partial charge in [-0.25, -0.2) is 0 Å². The van der Waals surface area contributed by atoms with Crippen molar-refractivity contribution in [3.63, 3.8) is 0 Å². The molecule has 0 heterocycles. The van der Waals surface area contributed by atoms with E-state index < -0.39 is 7.92 Å². The van der Waals surface area contributed by atoms with Gasteiger partial charge in [0.15, 0.2) is 0 Å². The van der Waals surface area contributed by atoms with E-state index in [4.69, 9.17) is 0 Å². The summed E-state index contributed by atoms with van der Waals surface area (Å²) in [7, 11) is -0.645. The van der Waals surface area contributed by atoms with Gasteiger partial charge in [-0.15, -0.1) is 0 Å². The molecule has 0 amide bonds. The highest BCUT2D eigenvalue weighted by atomic mass is 31.1. The summed E-state index contributed by atoms with van der Waals surface area (Å²) in [6.45, 7) is 3.11. The first-order valence-corrected chi connectivity index (χ1v) is 13.0. The molecule has 4 aromatic carbocycles. The van der Waals surface area contributed by atoms with Crippen molar-refractivity contribution in [1.29, 1.82) is 0 Å². The molecule has 1 nitrogen and oxygen atoms in total. The van der Waals surface area contributed by atoms with Gasteiger partial charge in [0.05, 0.1) is 0 Å². The van der Waals surface area contributed by atoms with E-state index in [0.717, 1.165) is 13.0 Å². The summed E-state index contributed by atoms with van der Waals surface area (Å²) in [4.78, 5) is 0. The van der Waals surface area contributed by atoms with E-state index >= 15 is 0 Å². The van der Waals surface area contributed by atoms with E-state index in [1.165, 1.54) is 52.0 Å². The van der Waals surface area contributed by atoms with E-state index in [1.807, 2.05) is 0 Å². The fraction of sp³-hybridized carbons (Fsp3) is 0.200. The minimum Gasteiger partial charge on any atom is -0.380 e. The van der Waals surface area contributed by atoms with Gasteiger partial charge in [0.2, 0.25) is 0 Å². The summed E-state index contributed by atoms with van der Waals surface area (Å²) >= 11 is 0. The van der Waals surface area contributed by atoms with Gasteiger partial charge in [-0.05, 0) is 42.5 Å². The predicted molar refractivity (Wildman–Crippen MR) is 142 cm³/mol. The second-order valence-corrected chi connectivity index (χ2v) is 10.3. The molecular weight excluding hydrogens is 405 g/mol. The van der Waals surface area contributed by atoms with Gasteiger partial charge in [0, 0.05) is 17.5 Å². The maximum Gasteiger partial charge on any atom is 0.0460 e. The molecule has 0 bridgehead atoms. The van der Waals surface area contributed by atoms with Gasteiger partial charge in [0.1, 0.15) is 0 Å². The molecule has 0 fully saturated rings. The van der Waals surface area contributed by atoms with Crippen LogP contribution in [0.5, 0.6) is 0 Å². The minimum atomic E-state index is -0.645. The molecule has 0 spiro atoms. The Morgan fingerprint density at radius 3 is 1.81 bits per heavy atom. The van der Waals surface area contributed by atoms with E-state index in [1.54, 1.807) is 0 Å². The summed E-state index contributed by atoms with van der Waals surface area (Å²) in [6, 6.07) is 39.6. The van der Waals surface area contributed by atoms with Crippen LogP contribution in [0.25, 0.3) is 0 Å².